The van der Waals surface area contributed by atoms with Gasteiger partial charge >= 0.3 is 5.97 Å². The topological polar surface area (TPSA) is 95.9 Å². The average Bonchev–Trinajstić information content (AvgIpc) is 3.25. The quantitative estimate of drug-likeness (QED) is 0.670. The van der Waals surface area contributed by atoms with Gasteiger partial charge in [0.25, 0.3) is 5.24 Å². The summed E-state index contributed by atoms with van der Waals surface area (Å²) in [7, 11) is 0. The number of aliphatic carboxylic acids is 1. The van der Waals surface area contributed by atoms with Crippen LogP contribution in [0.2, 0.25) is 0 Å². The highest BCUT2D eigenvalue weighted by Crippen LogP contribution is 2.32. The third-order valence-corrected chi connectivity index (χ3v) is 6.23. The second kappa shape index (κ2) is 8.79. The van der Waals surface area contributed by atoms with Gasteiger partial charge in [0.05, 0.1) is 11.9 Å². The lowest BCUT2D eigenvalue weighted by molar-refractivity contribution is -0.135. The van der Waals surface area contributed by atoms with E-state index in [1.165, 1.54) is 5.56 Å². The standard InChI is InChI=1S/C22H22N2O5S/c25-19(26)13-24-10-8-15-2-1-3-16(20(15)24)9-11-29-17-6-4-14(5-7-17)12-18-21(27)23-22(28)30-18/h1-7,18H,8-13H2,(H,25,26)(H,23,27,28). The summed E-state index contributed by atoms with van der Waals surface area (Å²) in [4.78, 5) is 36.0. The number of carbonyl (C=O) groups excluding carboxylic acids is 2. The van der Waals surface area contributed by atoms with E-state index in [1.54, 1.807) is 0 Å². The molecule has 0 aliphatic carbocycles. The summed E-state index contributed by atoms with van der Waals surface area (Å²) < 4.78 is 5.88. The molecular formula is C22H22N2O5S. The Bertz CT molecular complexity index is 976. The first-order valence-corrected chi connectivity index (χ1v) is 10.7. The molecule has 1 fully saturated rings. The maximum atomic E-state index is 11.7. The zero-order chi connectivity index (χ0) is 21.1. The fourth-order valence-electron chi connectivity index (χ4n) is 3.89. The largest absolute Gasteiger partial charge is 0.493 e. The number of carbonyl (C=O) groups is 3. The summed E-state index contributed by atoms with van der Waals surface area (Å²) in [6.45, 7) is 1.21. The van der Waals surface area contributed by atoms with Gasteiger partial charge in [-0.05, 0) is 41.7 Å². The molecule has 2 N–H and O–H groups in total. The predicted octanol–water partition coefficient (Wildman–Crippen LogP) is 2.65. The Balaban J connectivity index is 1.33. The number of amides is 2. The maximum Gasteiger partial charge on any atom is 0.323 e. The minimum absolute atomic E-state index is 0.00916. The van der Waals surface area contributed by atoms with Crippen LogP contribution in [0, 0.1) is 0 Å². The van der Waals surface area contributed by atoms with E-state index in [9.17, 15) is 14.4 Å². The molecular weight excluding hydrogens is 404 g/mol. The molecule has 156 valence electrons. The molecule has 2 heterocycles. The number of hydrogen-bond donors (Lipinski definition) is 2. The Kier molecular flexibility index (Phi) is 5.94. The van der Waals surface area contributed by atoms with Crippen molar-refractivity contribution in [2.45, 2.75) is 24.5 Å². The molecule has 0 radical (unpaired) electrons. The summed E-state index contributed by atoms with van der Waals surface area (Å²) >= 11 is 1.03. The van der Waals surface area contributed by atoms with E-state index in [0.717, 1.165) is 47.3 Å². The second-order valence-corrected chi connectivity index (χ2v) is 8.50. The monoisotopic (exact) mass is 426 g/mol. The predicted molar refractivity (Wildman–Crippen MR) is 114 cm³/mol. The number of fused-ring (bicyclic) bond motifs is 1. The number of hydrogen-bond acceptors (Lipinski definition) is 6. The third kappa shape index (κ3) is 4.59. The van der Waals surface area contributed by atoms with Gasteiger partial charge in [0.2, 0.25) is 5.91 Å². The molecule has 30 heavy (non-hydrogen) atoms. The molecule has 0 bridgehead atoms. The minimum atomic E-state index is -0.827. The molecule has 0 spiro atoms. The number of imide groups is 1. The SMILES string of the molecule is O=C(O)CN1CCc2cccc(CCOc3ccc(CC4SC(=O)NC4=O)cc3)c21. The van der Waals surface area contributed by atoms with Crippen LogP contribution in [0.3, 0.4) is 0 Å². The van der Waals surface area contributed by atoms with Gasteiger partial charge in [0, 0.05) is 18.7 Å². The summed E-state index contributed by atoms with van der Waals surface area (Å²) in [6.07, 6.45) is 2.04. The molecule has 7 nitrogen and oxygen atoms in total. The van der Waals surface area contributed by atoms with Crippen LogP contribution in [0.5, 0.6) is 5.75 Å². The number of nitrogens with zero attached hydrogens (tertiary/aromatic N) is 1. The number of para-hydroxylation sites is 1. The van der Waals surface area contributed by atoms with Gasteiger partial charge in [-0.3, -0.25) is 19.7 Å². The summed E-state index contributed by atoms with van der Waals surface area (Å²) in [5, 5.41) is 10.8. The Morgan fingerprint density at radius 2 is 2.00 bits per heavy atom. The highest BCUT2D eigenvalue weighted by Gasteiger charge is 2.31. The summed E-state index contributed by atoms with van der Waals surface area (Å²) in [6, 6.07) is 13.6. The molecule has 1 unspecified atom stereocenters. The first-order chi connectivity index (χ1) is 14.5. The lowest BCUT2D eigenvalue weighted by Crippen LogP contribution is -2.28. The molecule has 8 heteroatoms. The van der Waals surface area contributed by atoms with Gasteiger partial charge in [0.15, 0.2) is 0 Å². The van der Waals surface area contributed by atoms with Crippen molar-refractivity contribution in [3.63, 3.8) is 0 Å². The average molecular weight is 426 g/mol. The molecule has 2 aliphatic heterocycles. The van der Waals surface area contributed by atoms with Crippen molar-refractivity contribution in [1.29, 1.82) is 0 Å². The number of anilines is 1. The van der Waals surface area contributed by atoms with Crippen molar-refractivity contribution >= 4 is 34.6 Å². The van der Waals surface area contributed by atoms with Gasteiger partial charge in [-0.15, -0.1) is 0 Å². The van der Waals surface area contributed by atoms with E-state index in [-0.39, 0.29) is 22.9 Å². The van der Waals surface area contributed by atoms with Crippen LogP contribution in [-0.4, -0.2) is 47.2 Å². The van der Waals surface area contributed by atoms with E-state index in [2.05, 4.69) is 11.4 Å². The summed E-state index contributed by atoms with van der Waals surface area (Å²) in [5.41, 5.74) is 4.28. The summed E-state index contributed by atoms with van der Waals surface area (Å²) in [5.74, 6) is -0.335. The molecule has 1 saturated heterocycles. The zero-order valence-electron chi connectivity index (χ0n) is 16.3. The number of ether oxygens (including phenoxy) is 1. The van der Waals surface area contributed by atoms with Gasteiger partial charge in [0.1, 0.15) is 12.3 Å². The van der Waals surface area contributed by atoms with Crippen LogP contribution < -0.4 is 15.0 Å². The Hall–Kier alpha value is -3.00. The first-order valence-electron chi connectivity index (χ1n) is 9.80. The highest BCUT2D eigenvalue weighted by molar-refractivity contribution is 8.15. The fraction of sp³-hybridized carbons (Fsp3) is 0.318. The van der Waals surface area contributed by atoms with E-state index in [4.69, 9.17) is 9.84 Å². The van der Waals surface area contributed by atoms with Gasteiger partial charge in [-0.1, -0.05) is 42.1 Å². The van der Waals surface area contributed by atoms with Crippen LogP contribution in [-0.2, 0) is 28.9 Å². The van der Waals surface area contributed by atoms with Crippen LogP contribution in [0.4, 0.5) is 10.5 Å². The molecule has 0 aromatic heterocycles. The van der Waals surface area contributed by atoms with Crippen molar-refractivity contribution in [2.24, 2.45) is 0 Å². The molecule has 2 amide bonds. The maximum absolute atomic E-state index is 11.7. The van der Waals surface area contributed by atoms with Crippen LogP contribution in [0.15, 0.2) is 42.5 Å². The van der Waals surface area contributed by atoms with Crippen LogP contribution >= 0.6 is 11.8 Å². The number of rotatable bonds is 8. The number of carboxylic acid groups (broad SMARTS) is 1. The van der Waals surface area contributed by atoms with Crippen molar-refractivity contribution in [1.82, 2.24) is 5.32 Å². The molecule has 0 saturated carbocycles. The van der Waals surface area contributed by atoms with Crippen molar-refractivity contribution in [3.05, 3.63) is 59.2 Å². The smallest absolute Gasteiger partial charge is 0.323 e. The van der Waals surface area contributed by atoms with E-state index < -0.39 is 5.97 Å². The van der Waals surface area contributed by atoms with Crippen LogP contribution in [0.25, 0.3) is 0 Å². The lowest BCUT2D eigenvalue weighted by Gasteiger charge is -2.20. The molecule has 1 atom stereocenters. The van der Waals surface area contributed by atoms with Crippen LogP contribution in [0.1, 0.15) is 16.7 Å². The zero-order valence-corrected chi connectivity index (χ0v) is 17.1. The fourth-order valence-corrected chi connectivity index (χ4v) is 4.74. The van der Waals surface area contributed by atoms with E-state index >= 15 is 0 Å². The van der Waals surface area contributed by atoms with Gasteiger partial charge < -0.3 is 14.7 Å². The van der Waals surface area contributed by atoms with Crippen molar-refractivity contribution < 1.29 is 24.2 Å². The van der Waals surface area contributed by atoms with E-state index in [1.807, 2.05) is 41.3 Å². The molecule has 2 aliphatic rings. The number of benzene rings is 2. The van der Waals surface area contributed by atoms with Gasteiger partial charge in [-0.25, -0.2) is 0 Å². The number of thioether (sulfide) groups is 1. The number of carboxylic acids is 1. The van der Waals surface area contributed by atoms with Crippen molar-refractivity contribution in [2.75, 3.05) is 24.6 Å². The molecule has 2 aromatic carbocycles. The molecule has 4 rings (SSSR count). The normalized spacial score (nSPS) is 17.7. The van der Waals surface area contributed by atoms with E-state index in [0.29, 0.717) is 19.4 Å². The number of nitrogens with one attached hydrogen (secondary N) is 1. The van der Waals surface area contributed by atoms with Crippen molar-refractivity contribution in [3.8, 4) is 5.75 Å². The highest BCUT2D eigenvalue weighted by atomic mass is 32.2. The Morgan fingerprint density at radius 3 is 2.70 bits per heavy atom. The second-order valence-electron chi connectivity index (χ2n) is 7.32. The Labute approximate surface area is 178 Å². The third-order valence-electron chi connectivity index (χ3n) is 5.25. The molecule has 2 aromatic rings. The Morgan fingerprint density at radius 1 is 1.20 bits per heavy atom. The first kappa shape index (κ1) is 20.3. The van der Waals surface area contributed by atoms with Gasteiger partial charge in [-0.2, -0.15) is 0 Å². The minimum Gasteiger partial charge on any atom is -0.493 e. The lowest BCUT2D eigenvalue weighted by atomic mass is 10.0.